The highest BCUT2D eigenvalue weighted by Gasteiger charge is 2.12. The maximum Gasteiger partial charge on any atom is 0.335 e. The number of hydrogen-bond acceptors (Lipinski definition) is 5. The summed E-state index contributed by atoms with van der Waals surface area (Å²) in [6, 6.07) is 12.8. The van der Waals surface area contributed by atoms with Crippen LogP contribution in [0.1, 0.15) is 23.0 Å². The van der Waals surface area contributed by atoms with Gasteiger partial charge in [0.05, 0.1) is 22.6 Å². The van der Waals surface area contributed by atoms with Crippen LogP contribution in [-0.4, -0.2) is 26.8 Å². The van der Waals surface area contributed by atoms with Crippen LogP contribution in [0.4, 0.5) is 17.1 Å². The Morgan fingerprint density at radius 2 is 1.68 bits per heavy atom. The number of carboxylic acids is 1. The van der Waals surface area contributed by atoms with Crippen molar-refractivity contribution < 1.29 is 14.7 Å². The van der Waals surface area contributed by atoms with Gasteiger partial charge in [0.1, 0.15) is 0 Å². The Kier molecular flexibility index (Phi) is 5.16. The van der Waals surface area contributed by atoms with E-state index in [9.17, 15) is 14.4 Å². The van der Waals surface area contributed by atoms with Crippen molar-refractivity contribution in [1.82, 2.24) is 9.78 Å². The van der Waals surface area contributed by atoms with Crippen LogP contribution < -0.4 is 10.9 Å². The van der Waals surface area contributed by atoms with Gasteiger partial charge in [0, 0.05) is 12.6 Å². The summed E-state index contributed by atoms with van der Waals surface area (Å²) in [7, 11) is 0. The lowest BCUT2D eigenvalue weighted by atomic mass is 10.2. The van der Waals surface area contributed by atoms with Gasteiger partial charge in [-0.1, -0.05) is 0 Å². The SMILES string of the molecule is CC(=O)Nc1ccc(N=Nc2c(C)n(-c3ccc(C(=O)O)cc3)[nH]c2=O)cc1. The first-order valence-electron chi connectivity index (χ1n) is 8.30. The van der Waals surface area contributed by atoms with E-state index in [0.717, 1.165) is 0 Å². The Balaban J connectivity index is 1.85. The molecule has 0 aliphatic carbocycles. The van der Waals surface area contributed by atoms with E-state index in [2.05, 4.69) is 20.6 Å². The van der Waals surface area contributed by atoms with Crippen LogP contribution in [0.5, 0.6) is 0 Å². The number of carbonyl (C=O) groups excluding carboxylic acids is 1. The number of H-pyrrole nitrogens is 1. The summed E-state index contributed by atoms with van der Waals surface area (Å²) in [5.41, 5.74) is 2.17. The van der Waals surface area contributed by atoms with Crippen molar-refractivity contribution in [3.05, 3.63) is 70.1 Å². The van der Waals surface area contributed by atoms with Crippen molar-refractivity contribution in [2.45, 2.75) is 13.8 Å². The molecule has 0 bridgehead atoms. The molecule has 0 fully saturated rings. The highest BCUT2D eigenvalue weighted by Crippen LogP contribution is 2.22. The smallest absolute Gasteiger partial charge is 0.335 e. The highest BCUT2D eigenvalue weighted by molar-refractivity contribution is 5.88. The summed E-state index contributed by atoms with van der Waals surface area (Å²) < 4.78 is 1.52. The van der Waals surface area contributed by atoms with Gasteiger partial charge in [0.2, 0.25) is 5.91 Å². The van der Waals surface area contributed by atoms with E-state index in [-0.39, 0.29) is 17.2 Å². The van der Waals surface area contributed by atoms with Gasteiger partial charge in [-0.2, -0.15) is 5.11 Å². The number of rotatable bonds is 5. The third-order valence-electron chi connectivity index (χ3n) is 3.93. The van der Waals surface area contributed by atoms with E-state index in [4.69, 9.17) is 5.11 Å². The van der Waals surface area contributed by atoms with Crippen molar-refractivity contribution in [2.24, 2.45) is 10.2 Å². The second-order valence-corrected chi connectivity index (χ2v) is 5.99. The molecular weight excluding hydrogens is 362 g/mol. The second-order valence-electron chi connectivity index (χ2n) is 5.99. The van der Waals surface area contributed by atoms with Crippen molar-refractivity contribution in [3.8, 4) is 5.69 Å². The second kappa shape index (κ2) is 7.70. The molecule has 3 rings (SSSR count). The van der Waals surface area contributed by atoms with Crippen LogP contribution in [0.15, 0.2) is 63.6 Å². The fourth-order valence-electron chi connectivity index (χ4n) is 2.56. The number of carboxylic acid groups (broad SMARTS) is 1. The minimum Gasteiger partial charge on any atom is -0.478 e. The van der Waals surface area contributed by atoms with Crippen molar-refractivity contribution in [3.63, 3.8) is 0 Å². The van der Waals surface area contributed by atoms with Gasteiger partial charge in [0.15, 0.2) is 5.69 Å². The summed E-state index contributed by atoms with van der Waals surface area (Å²) in [6.45, 7) is 3.12. The van der Waals surface area contributed by atoms with Gasteiger partial charge in [-0.3, -0.25) is 19.4 Å². The summed E-state index contributed by atoms with van der Waals surface area (Å²) >= 11 is 0. The van der Waals surface area contributed by atoms with Gasteiger partial charge < -0.3 is 10.4 Å². The molecule has 9 heteroatoms. The van der Waals surface area contributed by atoms with E-state index in [1.165, 1.54) is 23.7 Å². The summed E-state index contributed by atoms with van der Waals surface area (Å²) in [5.74, 6) is -1.20. The summed E-state index contributed by atoms with van der Waals surface area (Å²) in [4.78, 5) is 34.2. The Labute approximate surface area is 159 Å². The van der Waals surface area contributed by atoms with Crippen LogP contribution >= 0.6 is 0 Å². The first-order chi connectivity index (χ1) is 13.3. The lowest BCUT2D eigenvalue weighted by Gasteiger charge is -2.05. The lowest BCUT2D eigenvalue weighted by Crippen LogP contribution is -2.05. The Hall–Kier alpha value is -4.01. The molecule has 142 valence electrons. The van der Waals surface area contributed by atoms with Crippen LogP contribution in [0.25, 0.3) is 5.69 Å². The maximum absolute atomic E-state index is 12.2. The molecule has 0 unspecified atom stereocenters. The number of benzene rings is 2. The van der Waals surface area contributed by atoms with Gasteiger partial charge >= 0.3 is 5.97 Å². The average molecular weight is 379 g/mol. The number of aromatic amines is 1. The fourth-order valence-corrected chi connectivity index (χ4v) is 2.56. The molecule has 9 nitrogen and oxygen atoms in total. The first kappa shape index (κ1) is 18.8. The number of nitrogens with one attached hydrogen (secondary N) is 2. The molecule has 1 amide bonds. The molecule has 0 saturated carbocycles. The minimum absolute atomic E-state index is 0.147. The fraction of sp³-hybridized carbons (Fsp3) is 0.105. The Morgan fingerprint density at radius 3 is 2.25 bits per heavy atom. The number of aromatic carboxylic acids is 1. The van der Waals surface area contributed by atoms with Gasteiger partial charge in [0.25, 0.3) is 5.56 Å². The molecule has 0 aliphatic rings. The first-order valence-corrected chi connectivity index (χ1v) is 8.30. The molecule has 0 saturated heterocycles. The third-order valence-corrected chi connectivity index (χ3v) is 3.93. The van der Waals surface area contributed by atoms with Crippen LogP contribution in [-0.2, 0) is 4.79 Å². The Morgan fingerprint density at radius 1 is 1.04 bits per heavy atom. The normalized spacial score (nSPS) is 10.9. The third kappa shape index (κ3) is 4.04. The highest BCUT2D eigenvalue weighted by atomic mass is 16.4. The number of hydrogen-bond donors (Lipinski definition) is 3. The summed E-state index contributed by atoms with van der Waals surface area (Å²) in [6.07, 6.45) is 0. The zero-order chi connectivity index (χ0) is 20.3. The standard InChI is InChI=1S/C19H17N5O4/c1-11-17(22-21-15-7-5-14(6-8-15)20-12(2)25)18(26)23-24(11)16-9-3-13(4-10-16)19(27)28/h3-10H,1-2H3,(H,20,25)(H,23,26)(H,27,28). The molecule has 0 spiro atoms. The lowest BCUT2D eigenvalue weighted by molar-refractivity contribution is -0.114. The van der Waals surface area contributed by atoms with Gasteiger partial charge in [-0.25, -0.2) is 4.79 Å². The van der Waals surface area contributed by atoms with Crippen molar-refractivity contribution >= 4 is 28.9 Å². The van der Waals surface area contributed by atoms with E-state index >= 15 is 0 Å². The van der Waals surface area contributed by atoms with E-state index < -0.39 is 11.5 Å². The summed E-state index contributed by atoms with van der Waals surface area (Å²) in [5, 5.41) is 22.4. The number of anilines is 1. The predicted octanol–water partition coefficient (Wildman–Crippen LogP) is 3.55. The molecule has 1 heterocycles. The predicted molar refractivity (Wildman–Crippen MR) is 103 cm³/mol. The number of nitrogens with zero attached hydrogens (tertiary/aromatic N) is 3. The monoisotopic (exact) mass is 379 g/mol. The minimum atomic E-state index is -1.02. The van der Waals surface area contributed by atoms with Gasteiger partial charge in [-0.15, -0.1) is 5.11 Å². The van der Waals surface area contributed by atoms with Crippen LogP contribution in [0, 0.1) is 6.92 Å². The van der Waals surface area contributed by atoms with Crippen molar-refractivity contribution in [2.75, 3.05) is 5.32 Å². The largest absolute Gasteiger partial charge is 0.478 e. The molecule has 3 aromatic rings. The topological polar surface area (TPSA) is 129 Å². The number of carbonyl (C=O) groups is 2. The zero-order valence-corrected chi connectivity index (χ0v) is 15.1. The van der Waals surface area contributed by atoms with Crippen molar-refractivity contribution in [1.29, 1.82) is 0 Å². The molecule has 0 aliphatic heterocycles. The average Bonchev–Trinajstić information content (AvgIpc) is 2.95. The maximum atomic E-state index is 12.2. The molecule has 3 N–H and O–H groups in total. The van der Waals surface area contributed by atoms with Crippen LogP contribution in [0.2, 0.25) is 0 Å². The van der Waals surface area contributed by atoms with Gasteiger partial charge in [-0.05, 0) is 55.5 Å². The molecule has 2 aromatic carbocycles. The molecular formula is C19H17N5O4. The van der Waals surface area contributed by atoms with E-state index in [1.807, 2.05) is 0 Å². The molecule has 28 heavy (non-hydrogen) atoms. The molecule has 0 radical (unpaired) electrons. The molecule has 0 atom stereocenters. The van der Waals surface area contributed by atoms with E-state index in [1.54, 1.807) is 43.3 Å². The number of azo groups is 1. The number of amides is 1. The van der Waals surface area contributed by atoms with Crippen LogP contribution in [0.3, 0.4) is 0 Å². The van der Waals surface area contributed by atoms with E-state index in [0.29, 0.717) is 22.8 Å². The zero-order valence-electron chi connectivity index (χ0n) is 15.1. The number of aromatic nitrogens is 2. The quantitative estimate of drug-likeness (QED) is 0.585. The molecule has 1 aromatic heterocycles. The Bertz CT molecular complexity index is 1110.